The number of aromatic carboxylic acids is 1. The summed E-state index contributed by atoms with van der Waals surface area (Å²) < 4.78 is 5.19. The van der Waals surface area contributed by atoms with Gasteiger partial charge in [0.2, 0.25) is 5.95 Å². The van der Waals surface area contributed by atoms with Gasteiger partial charge < -0.3 is 15.2 Å². The maximum Gasteiger partial charge on any atom is 0.339 e. The normalized spacial score (nSPS) is 10.2. The van der Waals surface area contributed by atoms with E-state index in [4.69, 9.17) is 9.84 Å². The average molecular weight is 239 g/mol. The third kappa shape index (κ3) is 4.36. The number of anilines is 1. The number of carbonyl (C=O) groups is 1. The highest BCUT2D eigenvalue weighted by Crippen LogP contribution is 2.06. The summed E-state index contributed by atoms with van der Waals surface area (Å²) >= 11 is 0. The molecule has 0 fully saturated rings. The molecule has 94 valence electrons. The van der Waals surface area contributed by atoms with Crippen LogP contribution in [0.25, 0.3) is 0 Å². The van der Waals surface area contributed by atoms with E-state index in [-0.39, 0.29) is 5.56 Å². The van der Waals surface area contributed by atoms with Crippen molar-refractivity contribution >= 4 is 11.9 Å². The minimum absolute atomic E-state index is 0.130. The van der Waals surface area contributed by atoms with Gasteiger partial charge in [0.15, 0.2) is 0 Å². The molecule has 2 N–H and O–H groups in total. The highest BCUT2D eigenvalue weighted by atomic mass is 16.5. The molecule has 1 aromatic rings. The van der Waals surface area contributed by atoms with Gasteiger partial charge in [-0.15, -0.1) is 0 Å². The van der Waals surface area contributed by atoms with Crippen molar-refractivity contribution in [1.82, 2.24) is 9.97 Å². The van der Waals surface area contributed by atoms with Crippen LogP contribution in [-0.2, 0) is 4.74 Å². The van der Waals surface area contributed by atoms with E-state index in [0.29, 0.717) is 31.4 Å². The first-order chi connectivity index (χ1) is 8.15. The number of rotatable bonds is 7. The number of aromatic nitrogens is 2. The van der Waals surface area contributed by atoms with Crippen LogP contribution in [0.4, 0.5) is 5.95 Å². The topological polar surface area (TPSA) is 84.3 Å². The predicted octanol–water partition coefficient (Wildman–Crippen LogP) is 1.32. The number of nitrogens with one attached hydrogen (secondary N) is 1. The summed E-state index contributed by atoms with van der Waals surface area (Å²) in [4.78, 5) is 18.8. The van der Waals surface area contributed by atoms with Crippen LogP contribution in [0.2, 0.25) is 0 Å². The molecule has 0 atom stereocenters. The minimum atomic E-state index is -1.01. The molecular weight excluding hydrogens is 222 g/mol. The fourth-order valence-corrected chi connectivity index (χ4v) is 1.28. The Labute approximate surface area is 100 Å². The van der Waals surface area contributed by atoms with Crippen molar-refractivity contribution in [3.05, 3.63) is 17.5 Å². The Balaban J connectivity index is 2.45. The number of hydrogen-bond acceptors (Lipinski definition) is 5. The summed E-state index contributed by atoms with van der Waals surface area (Å²) in [5.41, 5.74) is 0.588. The van der Waals surface area contributed by atoms with Gasteiger partial charge in [-0.1, -0.05) is 0 Å². The molecule has 0 aliphatic carbocycles. The SMILES string of the molecule is CCOCCCNc1ncc(C(=O)O)c(C)n1. The Morgan fingerprint density at radius 2 is 2.35 bits per heavy atom. The van der Waals surface area contributed by atoms with Crippen molar-refractivity contribution < 1.29 is 14.6 Å². The zero-order valence-corrected chi connectivity index (χ0v) is 10.1. The van der Waals surface area contributed by atoms with Crippen molar-refractivity contribution in [1.29, 1.82) is 0 Å². The molecule has 17 heavy (non-hydrogen) atoms. The van der Waals surface area contributed by atoms with Crippen LogP contribution >= 0.6 is 0 Å². The standard InChI is InChI=1S/C11H17N3O3/c1-3-17-6-4-5-12-11-13-7-9(10(15)16)8(2)14-11/h7H,3-6H2,1-2H3,(H,15,16)(H,12,13,14). The monoisotopic (exact) mass is 239 g/mol. The molecule has 6 heteroatoms. The number of carboxylic acids is 1. The Bertz CT molecular complexity index is 382. The van der Waals surface area contributed by atoms with Crippen LogP contribution < -0.4 is 5.32 Å². The molecule has 0 spiro atoms. The lowest BCUT2D eigenvalue weighted by Gasteiger charge is -2.06. The largest absolute Gasteiger partial charge is 0.478 e. The van der Waals surface area contributed by atoms with Gasteiger partial charge in [-0.2, -0.15) is 0 Å². The van der Waals surface area contributed by atoms with Crippen LogP contribution in [0.5, 0.6) is 0 Å². The predicted molar refractivity (Wildman–Crippen MR) is 63.3 cm³/mol. The maximum atomic E-state index is 10.7. The smallest absolute Gasteiger partial charge is 0.339 e. The Morgan fingerprint density at radius 1 is 1.59 bits per heavy atom. The van der Waals surface area contributed by atoms with E-state index in [0.717, 1.165) is 6.42 Å². The van der Waals surface area contributed by atoms with Crippen molar-refractivity contribution in [3.8, 4) is 0 Å². The van der Waals surface area contributed by atoms with Gasteiger partial charge in [0, 0.05) is 26.0 Å². The molecule has 1 heterocycles. The first kappa shape index (κ1) is 13.4. The number of hydrogen-bond donors (Lipinski definition) is 2. The van der Waals surface area contributed by atoms with Crippen LogP contribution in [0.15, 0.2) is 6.20 Å². The number of nitrogens with zero attached hydrogens (tertiary/aromatic N) is 2. The third-order valence-corrected chi connectivity index (χ3v) is 2.16. The average Bonchev–Trinajstić information content (AvgIpc) is 2.28. The first-order valence-electron chi connectivity index (χ1n) is 5.53. The van der Waals surface area contributed by atoms with Crippen molar-refractivity contribution in [2.24, 2.45) is 0 Å². The summed E-state index contributed by atoms with van der Waals surface area (Å²) in [6.07, 6.45) is 2.17. The van der Waals surface area contributed by atoms with E-state index < -0.39 is 5.97 Å². The highest BCUT2D eigenvalue weighted by Gasteiger charge is 2.09. The molecule has 0 aliphatic heterocycles. The van der Waals surface area contributed by atoms with Gasteiger partial charge in [-0.05, 0) is 20.3 Å². The molecule has 0 amide bonds. The molecule has 0 aromatic carbocycles. The second-order valence-corrected chi connectivity index (χ2v) is 3.48. The molecular formula is C11H17N3O3. The second-order valence-electron chi connectivity index (χ2n) is 3.48. The van der Waals surface area contributed by atoms with Gasteiger partial charge in [-0.25, -0.2) is 14.8 Å². The first-order valence-corrected chi connectivity index (χ1v) is 5.53. The van der Waals surface area contributed by atoms with E-state index in [1.807, 2.05) is 6.92 Å². The lowest BCUT2D eigenvalue weighted by atomic mass is 10.2. The fraction of sp³-hybridized carbons (Fsp3) is 0.545. The Kier molecular flexibility index (Phi) is 5.35. The zero-order valence-electron chi connectivity index (χ0n) is 10.1. The summed E-state index contributed by atoms with van der Waals surface area (Å²) in [6, 6.07) is 0. The molecule has 0 aliphatic rings. The number of carboxylic acid groups (broad SMARTS) is 1. The van der Waals surface area contributed by atoms with E-state index in [2.05, 4.69) is 15.3 Å². The van der Waals surface area contributed by atoms with Gasteiger partial charge in [0.1, 0.15) is 0 Å². The van der Waals surface area contributed by atoms with Crippen LogP contribution in [0.3, 0.4) is 0 Å². The second kappa shape index (κ2) is 6.80. The third-order valence-electron chi connectivity index (χ3n) is 2.16. The van der Waals surface area contributed by atoms with Gasteiger partial charge in [0.05, 0.1) is 11.3 Å². The molecule has 1 aromatic heterocycles. The summed E-state index contributed by atoms with van der Waals surface area (Å²) in [5, 5.41) is 11.8. The van der Waals surface area contributed by atoms with Crippen molar-refractivity contribution in [3.63, 3.8) is 0 Å². The number of ether oxygens (including phenoxy) is 1. The Morgan fingerprint density at radius 3 is 2.94 bits per heavy atom. The molecule has 0 saturated heterocycles. The fourth-order valence-electron chi connectivity index (χ4n) is 1.28. The number of aryl methyl sites for hydroxylation is 1. The van der Waals surface area contributed by atoms with E-state index >= 15 is 0 Å². The van der Waals surface area contributed by atoms with Gasteiger partial charge in [-0.3, -0.25) is 0 Å². The van der Waals surface area contributed by atoms with Crippen LogP contribution in [0.1, 0.15) is 29.4 Å². The van der Waals surface area contributed by atoms with E-state index in [9.17, 15) is 4.79 Å². The molecule has 1 rings (SSSR count). The molecule has 0 unspecified atom stereocenters. The zero-order chi connectivity index (χ0) is 12.7. The van der Waals surface area contributed by atoms with Crippen molar-refractivity contribution in [2.45, 2.75) is 20.3 Å². The summed E-state index contributed by atoms with van der Waals surface area (Å²) in [6.45, 7) is 5.70. The van der Waals surface area contributed by atoms with Gasteiger partial charge in [0.25, 0.3) is 0 Å². The van der Waals surface area contributed by atoms with Crippen molar-refractivity contribution in [2.75, 3.05) is 25.1 Å². The minimum Gasteiger partial charge on any atom is -0.478 e. The summed E-state index contributed by atoms with van der Waals surface area (Å²) in [5.74, 6) is -0.561. The molecule has 6 nitrogen and oxygen atoms in total. The molecule has 0 saturated carbocycles. The Hall–Kier alpha value is -1.69. The van der Waals surface area contributed by atoms with Crippen LogP contribution in [0, 0.1) is 6.92 Å². The van der Waals surface area contributed by atoms with E-state index in [1.54, 1.807) is 6.92 Å². The van der Waals surface area contributed by atoms with Gasteiger partial charge >= 0.3 is 5.97 Å². The molecule has 0 radical (unpaired) electrons. The maximum absolute atomic E-state index is 10.7. The highest BCUT2D eigenvalue weighted by molar-refractivity contribution is 5.88. The van der Waals surface area contributed by atoms with Crippen LogP contribution in [-0.4, -0.2) is 40.8 Å². The lowest BCUT2D eigenvalue weighted by molar-refractivity contribution is 0.0695. The molecule has 0 bridgehead atoms. The lowest BCUT2D eigenvalue weighted by Crippen LogP contribution is -2.11. The quantitative estimate of drug-likeness (QED) is 0.698. The summed E-state index contributed by atoms with van der Waals surface area (Å²) in [7, 11) is 0. The van der Waals surface area contributed by atoms with E-state index in [1.165, 1.54) is 6.20 Å².